The van der Waals surface area contributed by atoms with Crippen LogP contribution in [0.1, 0.15) is 11.9 Å². The molecule has 98 valence electrons. The van der Waals surface area contributed by atoms with Gasteiger partial charge < -0.3 is 15.8 Å². The van der Waals surface area contributed by atoms with Gasteiger partial charge in [0.25, 0.3) is 5.91 Å². The molecule has 0 radical (unpaired) electrons. The summed E-state index contributed by atoms with van der Waals surface area (Å²) in [7, 11) is -0.241. The fourth-order valence-electron chi connectivity index (χ4n) is 1.40. The van der Waals surface area contributed by atoms with E-state index in [0.717, 1.165) is 6.07 Å². The van der Waals surface area contributed by atoms with Crippen LogP contribution in [0.25, 0.3) is 0 Å². The SMILES string of the molecule is [2H]CNC(=O)c1cc(Oc2ccc(N)c(F)c2)ccn1. The summed E-state index contributed by atoms with van der Waals surface area (Å²) in [4.78, 5) is 15.4. The van der Waals surface area contributed by atoms with Crippen LogP contribution >= 0.6 is 0 Å². The molecule has 0 fully saturated rings. The third-order valence-corrected chi connectivity index (χ3v) is 2.33. The molecular weight excluding hydrogens is 249 g/mol. The van der Waals surface area contributed by atoms with Crippen molar-refractivity contribution in [3.8, 4) is 11.5 Å². The smallest absolute Gasteiger partial charge is 0.269 e. The van der Waals surface area contributed by atoms with Crippen LogP contribution in [0, 0.1) is 5.82 Å². The van der Waals surface area contributed by atoms with Crippen molar-refractivity contribution < 1.29 is 15.3 Å². The first-order valence-corrected chi connectivity index (χ1v) is 5.36. The van der Waals surface area contributed by atoms with Crippen molar-refractivity contribution in [1.29, 1.82) is 0 Å². The summed E-state index contributed by atoms with van der Waals surface area (Å²) in [5.41, 5.74) is 5.51. The summed E-state index contributed by atoms with van der Waals surface area (Å²) in [6.07, 6.45) is 1.39. The molecule has 0 aliphatic carbocycles. The van der Waals surface area contributed by atoms with E-state index in [0.29, 0.717) is 5.75 Å². The highest BCUT2D eigenvalue weighted by Gasteiger charge is 2.07. The normalized spacial score (nSPS) is 10.7. The fraction of sp³-hybridized carbons (Fsp3) is 0.0769. The fourth-order valence-corrected chi connectivity index (χ4v) is 1.40. The maximum absolute atomic E-state index is 13.3. The van der Waals surface area contributed by atoms with E-state index in [1.165, 1.54) is 30.5 Å². The van der Waals surface area contributed by atoms with Gasteiger partial charge in [0, 0.05) is 26.7 Å². The van der Waals surface area contributed by atoms with Gasteiger partial charge in [-0.3, -0.25) is 9.78 Å². The van der Waals surface area contributed by atoms with E-state index < -0.39 is 11.7 Å². The number of nitrogens with zero attached hydrogens (tertiary/aromatic N) is 1. The number of carbonyl (C=O) groups excluding carboxylic acids is 1. The second-order valence-corrected chi connectivity index (χ2v) is 3.67. The van der Waals surface area contributed by atoms with Crippen molar-refractivity contribution in [3.63, 3.8) is 0 Å². The molecule has 1 aromatic carbocycles. The van der Waals surface area contributed by atoms with Gasteiger partial charge in [0.15, 0.2) is 0 Å². The number of amides is 1. The molecule has 2 aromatic rings. The van der Waals surface area contributed by atoms with Crippen LogP contribution in [0.4, 0.5) is 10.1 Å². The number of ether oxygens (including phenoxy) is 1. The molecule has 1 amide bonds. The summed E-state index contributed by atoms with van der Waals surface area (Å²) in [6.45, 7) is 0. The average molecular weight is 262 g/mol. The highest BCUT2D eigenvalue weighted by molar-refractivity contribution is 5.92. The van der Waals surface area contributed by atoms with Crippen LogP contribution in [-0.4, -0.2) is 17.9 Å². The molecule has 19 heavy (non-hydrogen) atoms. The zero-order valence-electron chi connectivity index (χ0n) is 10.9. The Hall–Kier alpha value is -2.63. The van der Waals surface area contributed by atoms with Crippen LogP contribution < -0.4 is 15.8 Å². The highest BCUT2D eigenvalue weighted by Crippen LogP contribution is 2.24. The predicted octanol–water partition coefficient (Wildman–Crippen LogP) is 1.95. The molecule has 5 nitrogen and oxygen atoms in total. The molecule has 0 spiro atoms. The maximum Gasteiger partial charge on any atom is 0.269 e. The molecule has 0 saturated heterocycles. The van der Waals surface area contributed by atoms with Gasteiger partial charge in [-0.2, -0.15) is 0 Å². The average Bonchev–Trinajstić information content (AvgIpc) is 2.43. The topological polar surface area (TPSA) is 77.2 Å². The van der Waals surface area contributed by atoms with Gasteiger partial charge in [-0.25, -0.2) is 4.39 Å². The van der Waals surface area contributed by atoms with Gasteiger partial charge >= 0.3 is 0 Å². The van der Waals surface area contributed by atoms with Crippen molar-refractivity contribution in [2.75, 3.05) is 12.8 Å². The number of rotatable bonds is 3. The third-order valence-electron chi connectivity index (χ3n) is 2.33. The van der Waals surface area contributed by atoms with E-state index >= 15 is 0 Å². The number of carbonyl (C=O) groups is 1. The molecule has 0 bridgehead atoms. The van der Waals surface area contributed by atoms with Crippen LogP contribution in [-0.2, 0) is 0 Å². The van der Waals surface area contributed by atoms with Crippen molar-refractivity contribution in [3.05, 3.63) is 48.0 Å². The Morgan fingerprint density at radius 3 is 2.95 bits per heavy atom. The number of hydrogen-bond acceptors (Lipinski definition) is 4. The minimum absolute atomic E-state index is 0.0302. The Morgan fingerprint density at radius 1 is 1.42 bits per heavy atom. The Balaban J connectivity index is 2.19. The number of benzene rings is 1. The van der Waals surface area contributed by atoms with Gasteiger partial charge in [0.1, 0.15) is 23.0 Å². The van der Waals surface area contributed by atoms with Crippen molar-refractivity contribution in [2.24, 2.45) is 0 Å². The lowest BCUT2D eigenvalue weighted by atomic mass is 10.3. The number of nitrogens with one attached hydrogen (secondary N) is 1. The maximum atomic E-state index is 13.3. The number of hydrogen-bond donors (Lipinski definition) is 2. The summed E-state index contributed by atoms with van der Waals surface area (Å²) in [5, 5.41) is 2.30. The zero-order chi connectivity index (χ0) is 14.5. The van der Waals surface area contributed by atoms with Gasteiger partial charge in [-0.1, -0.05) is 0 Å². The Kier molecular flexibility index (Phi) is 3.22. The van der Waals surface area contributed by atoms with Crippen molar-refractivity contribution in [1.82, 2.24) is 10.3 Å². The lowest BCUT2D eigenvalue weighted by Crippen LogP contribution is -2.18. The molecular formula is C13H12FN3O2. The Labute approximate surface area is 110 Å². The molecule has 0 saturated carbocycles. The summed E-state index contributed by atoms with van der Waals surface area (Å²) in [5.74, 6) is -0.466. The molecule has 0 aliphatic rings. The molecule has 6 heteroatoms. The Bertz CT molecular complexity index is 637. The monoisotopic (exact) mass is 262 g/mol. The molecule has 2 rings (SSSR count). The zero-order valence-corrected chi connectivity index (χ0v) is 9.89. The minimum Gasteiger partial charge on any atom is -0.457 e. The van der Waals surface area contributed by atoms with E-state index in [1.807, 2.05) is 0 Å². The second kappa shape index (κ2) is 5.34. The first-order valence-electron chi connectivity index (χ1n) is 6.07. The number of halogens is 1. The van der Waals surface area contributed by atoms with E-state index in [4.69, 9.17) is 11.8 Å². The lowest BCUT2D eigenvalue weighted by Gasteiger charge is -2.07. The number of aromatic nitrogens is 1. The summed E-state index contributed by atoms with van der Waals surface area (Å²) in [6, 6.07) is 6.99. The van der Waals surface area contributed by atoms with E-state index in [2.05, 4.69) is 10.3 Å². The van der Waals surface area contributed by atoms with Gasteiger partial charge in [-0.05, 0) is 18.2 Å². The first-order chi connectivity index (χ1) is 9.60. The summed E-state index contributed by atoms with van der Waals surface area (Å²) >= 11 is 0. The molecule has 1 aromatic heterocycles. The number of pyridine rings is 1. The lowest BCUT2D eigenvalue weighted by molar-refractivity contribution is 0.0958. The number of nitrogens with two attached hydrogens (primary N) is 1. The van der Waals surface area contributed by atoms with E-state index in [9.17, 15) is 9.18 Å². The predicted molar refractivity (Wildman–Crippen MR) is 68.5 cm³/mol. The molecule has 1 heterocycles. The highest BCUT2D eigenvalue weighted by atomic mass is 19.1. The van der Waals surface area contributed by atoms with E-state index in [1.54, 1.807) is 0 Å². The van der Waals surface area contributed by atoms with Crippen LogP contribution in [0.5, 0.6) is 11.5 Å². The molecule has 0 unspecified atom stereocenters. The van der Waals surface area contributed by atoms with Gasteiger partial charge in [0.2, 0.25) is 0 Å². The summed E-state index contributed by atoms with van der Waals surface area (Å²) < 4.78 is 25.6. The number of nitrogen functional groups attached to an aromatic ring is 1. The van der Waals surface area contributed by atoms with E-state index in [-0.39, 0.29) is 24.2 Å². The van der Waals surface area contributed by atoms with Gasteiger partial charge in [-0.15, -0.1) is 0 Å². The Morgan fingerprint density at radius 2 is 2.21 bits per heavy atom. The first kappa shape index (κ1) is 11.5. The van der Waals surface area contributed by atoms with Crippen LogP contribution in [0.2, 0.25) is 0 Å². The van der Waals surface area contributed by atoms with Crippen LogP contribution in [0.15, 0.2) is 36.5 Å². The molecule has 0 atom stereocenters. The molecule has 0 aliphatic heterocycles. The number of anilines is 1. The van der Waals surface area contributed by atoms with Gasteiger partial charge in [0.05, 0.1) is 5.69 Å². The molecule has 3 N–H and O–H groups in total. The van der Waals surface area contributed by atoms with Crippen molar-refractivity contribution in [2.45, 2.75) is 0 Å². The largest absolute Gasteiger partial charge is 0.457 e. The quantitative estimate of drug-likeness (QED) is 0.829. The standard InChI is InChI=1S/C13H12FN3O2/c1-16-13(18)12-7-9(4-5-17-12)19-8-2-3-11(15)10(14)6-8/h2-7H,15H2,1H3,(H,16,18)/i1D. The van der Waals surface area contributed by atoms with Crippen LogP contribution in [0.3, 0.4) is 0 Å². The minimum atomic E-state index is -0.580. The van der Waals surface area contributed by atoms with Crippen molar-refractivity contribution >= 4 is 11.6 Å². The second-order valence-electron chi connectivity index (χ2n) is 3.67. The third kappa shape index (κ3) is 2.98.